The van der Waals surface area contributed by atoms with Crippen LogP contribution >= 0.6 is 0 Å². The van der Waals surface area contributed by atoms with Gasteiger partial charge in [0.2, 0.25) is 0 Å². The van der Waals surface area contributed by atoms with E-state index in [-0.39, 0.29) is 0 Å². The summed E-state index contributed by atoms with van der Waals surface area (Å²) >= 11 is 0. The highest BCUT2D eigenvalue weighted by Crippen LogP contribution is 2.26. The van der Waals surface area contributed by atoms with E-state index in [4.69, 9.17) is 5.73 Å². The molecule has 1 saturated carbocycles. The van der Waals surface area contributed by atoms with Crippen molar-refractivity contribution >= 4 is 0 Å². The van der Waals surface area contributed by atoms with E-state index in [0.29, 0.717) is 12.1 Å². The van der Waals surface area contributed by atoms with Gasteiger partial charge < -0.3 is 5.73 Å². The lowest BCUT2D eigenvalue weighted by Gasteiger charge is -2.26. The lowest BCUT2D eigenvalue weighted by molar-refractivity contribution is 0.304. The summed E-state index contributed by atoms with van der Waals surface area (Å²) in [6, 6.07) is 3.01. The molecule has 0 amide bonds. The van der Waals surface area contributed by atoms with Gasteiger partial charge in [0, 0.05) is 18.4 Å². The minimum Gasteiger partial charge on any atom is -0.328 e. The molecule has 0 aromatic carbocycles. The monoisotopic (exact) mass is 165 g/mol. The van der Waals surface area contributed by atoms with Crippen LogP contribution < -0.4 is 5.73 Å². The topological polar surface area (TPSA) is 43.8 Å². The van der Waals surface area contributed by atoms with Crippen LogP contribution in [0.15, 0.2) is 18.5 Å². The summed E-state index contributed by atoms with van der Waals surface area (Å²) in [5.41, 5.74) is 5.82. The molecule has 66 valence electrons. The van der Waals surface area contributed by atoms with Crippen LogP contribution in [0.5, 0.6) is 0 Å². The number of aromatic nitrogens is 2. The summed E-state index contributed by atoms with van der Waals surface area (Å²) in [5, 5.41) is 4.24. The third-order valence-electron chi connectivity index (χ3n) is 2.64. The Balaban J connectivity index is 1.99. The van der Waals surface area contributed by atoms with Gasteiger partial charge in [-0.15, -0.1) is 0 Å². The lowest BCUT2D eigenvalue weighted by atomic mass is 9.92. The van der Waals surface area contributed by atoms with E-state index in [0.717, 1.165) is 12.8 Å². The number of rotatable bonds is 1. The first-order valence-electron chi connectivity index (χ1n) is 4.61. The Labute approximate surface area is 72.6 Å². The van der Waals surface area contributed by atoms with E-state index < -0.39 is 0 Å². The van der Waals surface area contributed by atoms with Crippen LogP contribution in [0.3, 0.4) is 0 Å². The summed E-state index contributed by atoms with van der Waals surface area (Å²) < 4.78 is 2.06. The highest BCUT2D eigenvalue weighted by molar-refractivity contribution is 4.84. The summed E-state index contributed by atoms with van der Waals surface area (Å²) in [7, 11) is 0. The van der Waals surface area contributed by atoms with E-state index in [2.05, 4.69) is 9.78 Å². The zero-order valence-corrected chi connectivity index (χ0v) is 7.19. The Hall–Kier alpha value is -0.830. The molecule has 0 spiro atoms. The molecule has 0 atom stereocenters. The van der Waals surface area contributed by atoms with Crippen molar-refractivity contribution in [2.75, 3.05) is 0 Å². The molecule has 0 unspecified atom stereocenters. The molecule has 0 saturated heterocycles. The van der Waals surface area contributed by atoms with E-state index in [1.165, 1.54) is 12.8 Å². The average Bonchev–Trinajstić information content (AvgIpc) is 2.58. The Kier molecular flexibility index (Phi) is 2.13. The maximum atomic E-state index is 5.82. The van der Waals surface area contributed by atoms with Crippen molar-refractivity contribution in [3.63, 3.8) is 0 Å². The number of nitrogens with two attached hydrogens (primary N) is 1. The molecule has 2 N–H and O–H groups in total. The van der Waals surface area contributed by atoms with E-state index in [1.54, 1.807) is 0 Å². The van der Waals surface area contributed by atoms with Gasteiger partial charge in [-0.25, -0.2) is 0 Å². The van der Waals surface area contributed by atoms with Gasteiger partial charge in [0.15, 0.2) is 0 Å². The number of hydrogen-bond donors (Lipinski definition) is 1. The quantitative estimate of drug-likeness (QED) is 0.682. The third kappa shape index (κ3) is 1.50. The third-order valence-corrected chi connectivity index (χ3v) is 2.64. The summed E-state index contributed by atoms with van der Waals surface area (Å²) in [6.45, 7) is 0. The minimum absolute atomic E-state index is 0.428. The number of hydrogen-bond acceptors (Lipinski definition) is 2. The molecule has 1 fully saturated rings. The number of nitrogens with zero attached hydrogens (tertiary/aromatic N) is 2. The van der Waals surface area contributed by atoms with Gasteiger partial charge in [0.1, 0.15) is 0 Å². The average molecular weight is 165 g/mol. The predicted octanol–water partition coefficient (Wildman–Crippen LogP) is 1.33. The van der Waals surface area contributed by atoms with Crippen molar-refractivity contribution in [1.82, 2.24) is 9.78 Å². The molecular formula is C9H15N3. The van der Waals surface area contributed by atoms with Crippen LogP contribution in [-0.4, -0.2) is 15.8 Å². The molecule has 1 aromatic rings. The van der Waals surface area contributed by atoms with Crippen molar-refractivity contribution in [1.29, 1.82) is 0 Å². The molecule has 1 aliphatic carbocycles. The van der Waals surface area contributed by atoms with Crippen molar-refractivity contribution < 1.29 is 0 Å². The summed E-state index contributed by atoms with van der Waals surface area (Å²) in [4.78, 5) is 0. The van der Waals surface area contributed by atoms with Crippen LogP contribution in [0.1, 0.15) is 31.7 Å². The standard InChI is InChI=1S/C9H15N3/c10-8-2-4-9(5-3-8)12-7-1-6-11-12/h1,6-9H,2-5,10H2. The smallest absolute Gasteiger partial charge is 0.0520 e. The van der Waals surface area contributed by atoms with Gasteiger partial charge in [-0.1, -0.05) is 0 Å². The zero-order valence-electron chi connectivity index (χ0n) is 7.19. The first-order chi connectivity index (χ1) is 5.86. The van der Waals surface area contributed by atoms with Crippen LogP contribution in [0.4, 0.5) is 0 Å². The zero-order chi connectivity index (χ0) is 8.39. The summed E-state index contributed by atoms with van der Waals surface area (Å²) in [5.74, 6) is 0. The Morgan fingerprint density at radius 3 is 2.58 bits per heavy atom. The fourth-order valence-electron chi connectivity index (χ4n) is 1.86. The Morgan fingerprint density at radius 1 is 1.25 bits per heavy atom. The van der Waals surface area contributed by atoms with Crippen LogP contribution in [-0.2, 0) is 0 Å². The molecule has 1 aliphatic rings. The van der Waals surface area contributed by atoms with E-state index >= 15 is 0 Å². The molecule has 3 heteroatoms. The largest absolute Gasteiger partial charge is 0.328 e. The SMILES string of the molecule is NC1CCC(n2cccn2)CC1. The van der Waals surface area contributed by atoms with E-state index in [9.17, 15) is 0 Å². The van der Waals surface area contributed by atoms with Crippen molar-refractivity contribution in [3.8, 4) is 0 Å². The normalized spacial score (nSPS) is 30.4. The predicted molar refractivity (Wildman–Crippen MR) is 47.7 cm³/mol. The molecule has 2 rings (SSSR count). The minimum atomic E-state index is 0.428. The molecule has 1 heterocycles. The second-order valence-electron chi connectivity index (χ2n) is 3.55. The van der Waals surface area contributed by atoms with Gasteiger partial charge in [0.25, 0.3) is 0 Å². The highest BCUT2D eigenvalue weighted by atomic mass is 15.3. The molecule has 12 heavy (non-hydrogen) atoms. The second kappa shape index (κ2) is 3.27. The van der Waals surface area contributed by atoms with Gasteiger partial charge in [-0.05, 0) is 31.7 Å². The molecular weight excluding hydrogens is 150 g/mol. The van der Waals surface area contributed by atoms with Crippen LogP contribution in [0.2, 0.25) is 0 Å². The fraction of sp³-hybridized carbons (Fsp3) is 0.667. The Morgan fingerprint density at radius 2 is 2.00 bits per heavy atom. The first-order valence-corrected chi connectivity index (χ1v) is 4.61. The maximum Gasteiger partial charge on any atom is 0.0520 e. The lowest BCUT2D eigenvalue weighted by Crippen LogP contribution is -2.27. The van der Waals surface area contributed by atoms with E-state index in [1.807, 2.05) is 18.5 Å². The first kappa shape index (κ1) is 7.80. The van der Waals surface area contributed by atoms with Gasteiger partial charge in [-0.3, -0.25) is 4.68 Å². The van der Waals surface area contributed by atoms with Gasteiger partial charge in [0.05, 0.1) is 6.04 Å². The van der Waals surface area contributed by atoms with Gasteiger partial charge in [-0.2, -0.15) is 5.10 Å². The fourth-order valence-corrected chi connectivity index (χ4v) is 1.86. The second-order valence-corrected chi connectivity index (χ2v) is 3.55. The van der Waals surface area contributed by atoms with Gasteiger partial charge >= 0.3 is 0 Å². The molecule has 0 radical (unpaired) electrons. The summed E-state index contributed by atoms with van der Waals surface area (Å²) in [6.07, 6.45) is 8.54. The van der Waals surface area contributed by atoms with Crippen molar-refractivity contribution in [3.05, 3.63) is 18.5 Å². The molecule has 1 aromatic heterocycles. The highest BCUT2D eigenvalue weighted by Gasteiger charge is 2.19. The van der Waals surface area contributed by atoms with Crippen molar-refractivity contribution in [2.24, 2.45) is 5.73 Å². The molecule has 3 nitrogen and oxygen atoms in total. The van der Waals surface area contributed by atoms with Crippen molar-refractivity contribution in [2.45, 2.75) is 37.8 Å². The molecule has 0 bridgehead atoms. The van der Waals surface area contributed by atoms with Crippen LogP contribution in [0, 0.1) is 0 Å². The molecule has 0 aliphatic heterocycles. The van der Waals surface area contributed by atoms with Crippen LogP contribution in [0.25, 0.3) is 0 Å². The maximum absolute atomic E-state index is 5.82. The Bertz CT molecular complexity index is 222.